The van der Waals surface area contributed by atoms with Gasteiger partial charge in [-0.2, -0.15) is 0 Å². The maximum absolute atomic E-state index is 11.0. The van der Waals surface area contributed by atoms with Gasteiger partial charge in [0.05, 0.1) is 6.54 Å². The topological polar surface area (TPSA) is 115 Å². The largest absolute Gasteiger partial charge is 0.480 e. The van der Waals surface area contributed by atoms with E-state index < -0.39 is 22.3 Å². The van der Waals surface area contributed by atoms with E-state index in [-0.39, 0.29) is 17.3 Å². The SMILES string of the molecule is NCC(=O)O.O=c1c(=O)c2ccccc2c1=O. The lowest BCUT2D eigenvalue weighted by molar-refractivity contribution is -0.135. The van der Waals surface area contributed by atoms with Crippen molar-refractivity contribution in [2.75, 3.05) is 6.54 Å². The molecule has 2 rings (SSSR count). The Hall–Kier alpha value is -2.34. The molecule has 2 aromatic carbocycles. The molecule has 6 nitrogen and oxygen atoms in total. The Morgan fingerprint density at radius 2 is 1.35 bits per heavy atom. The van der Waals surface area contributed by atoms with Crippen LogP contribution in [0.15, 0.2) is 38.6 Å². The van der Waals surface area contributed by atoms with Crippen LogP contribution >= 0.6 is 0 Å². The van der Waals surface area contributed by atoms with Gasteiger partial charge in [-0.3, -0.25) is 19.2 Å². The molecule has 0 saturated heterocycles. The van der Waals surface area contributed by atoms with Crippen molar-refractivity contribution < 1.29 is 9.90 Å². The number of nitrogens with two attached hydrogens (primary N) is 1. The van der Waals surface area contributed by atoms with Gasteiger partial charge >= 0.3 is 5.97 Å². The van der Waals surface area contributed by atoms with E-state index >= 15 is 0 Å². The van der Waals surface area contributed by atoms with Gasteiger partial charge in [0.2, 0.25) is 10.9 Å². The van der Waals surface area contributed by atoms with Crippen LogP contribution in [0.2, 0.25) is 0 Å². The summed E-state index contributed by atoms with van der Waals surface area (Å²) in [5.41, 5.74) is 2.28. The highest BCUT2D eigenvalue weighted by atomic mass is 16.4. The molecule has 0 aliphatic rings. The first-order chi connectivity index (χ1) is 7.99. The van der Waals surface area contributed by atoms with Crippen LogP contribution in [0.1, 0.15) is 0 Å². The number of rotatable bonds is 1. The lowest BCUT2D eigenvalue weighted by Gasteiger charge is -1.81. The molecule has 3 N–H and O–H groups in total. The molecule has 0 atom stereocenters. The second-order valence-electron chi connectivity index (χ2n) is 3.13. The number of carboxylic acid groups (broad SMARTS) is 1. The van der Waals surface area contributed by atoms with E-state index in [4.69, 9.17) is 5.11 Å². The van der Waals surface area contributed by atoms with Gasteiger partial charge in [-0.1, -0.05) is 24.3 Å². The van der Waals surface area contributed by atoms with Gasteiger partial charge in [-0.05, 0) is 0 Å². The monoisotopic (exact) mass is 235 g/mol. The molecule has 0 unspecified atom stereocenters. The molecule has 0 heterocycles. The van der Waals surface area contributed by atoms with E-state index in [0.717, 1.165) is 0 Å². The van der Waals surface area contributed by atoms with Crippen molar-refractivity contribution in [1.82, 2.24) is 0 Å². The maximum Gasteiger partial charge on any atom is 0.317 e. The average Bonchev–Trinajstić information content (AvgIpc) is 2.56. The maximum atomic E-state index is 11.0. The standard InChI is InChI=1S/C9H4O3.C2H5NO2/c10-7-5-3-1-2-4-6(5)8(11)9(7)12;3-1-2(4)5/h1-4H;1,3H2,(H,4,5). The fraction of sp³-hybridized carbons (Fsp3) is 0.0909. The summed E-state index contributed by atoms with van der Waals surface area (Å²) in [6.07, 6.45) is 0. The fourth-order valence-electron chi connectivity index (χ4n) is 1.23. The van der Waals surface area contributed by atoms with Crippen LogP contribution in [0.5, 0.6) is 0 Å². The van der Waals surface area contributed by atoms with Crippen molar-refractivity contribution in [1.29, 1.82) is 0 Å². The minimum absolute atomic E-state index is 0.229. The van der Waals surface area contributed by atoms with Crippen molar-refractivity contribution >= 4 is 16.7 Å². The number of fused-ring (bicyclic) bond motifs is 1. The first-order valence-corrected chi connectivity index (χ1v) is 4.63. The van der Waals surface area contributed by atoms with E-state index in [2.05, 4.69) is 5.73 Å². The van der Waals surface area contributed by atoms with Crippen LogP contribution in [0.25, 0.3) is 10.8 Å². The third-order valence-electron chi connectivity index (χ3n) is 2.00. The van der Waals surface area contributed by atoms with Gasteiger partial charge in [0.15, 0.2) is 0 Å². The number of hydrogen-bond donors (Lipinski definition) is 2. The Bertz CT molecular complexity index is 632. The third kappa shape index (κ3) is 2.61. The number of carboxylic acids is 1. The van der Waals surface area contributed by atoms with Crippen molar-refractivity contribution in [3.8, 4) is 0 Å². The van der Waals surface area contributed by atoms with Gasteiger partial charge in [0, 0.05) is 10.8 Å². The van der Waals surface area contributed by atoms with Crippen molar-refractivity contribution in [3.05, 3.63) is 54.9 Å². The zero-order valence-corrected chi connectivity index (χ0v) is 8.67. The summed E-state index contributed by atoms with van der Waals surface area (Å²) >= 11 is 0. The number of aliphatic carboxylic acids is 1. The molecule has 0 fully saturated rings. The third-order valence-corrected chi connectivity index (χ3v) is 2.00. The van der Waals surface area contributed by atoms with Crippen molar-refractivity contribution in [2.45, 2.75) is 0 Å². The Kier molecular flexibility index (Phi) is 3.84. The minimum Gasteiger partial charge on any atom is -0.480 e. The molecule has 0 spiro atoms. The average molecular weight is 235 g/mol. The van der Waals surface area contributed by atoms with Crippen LogP contribution in [0.4, 0.5) is 0 Å². The lowest BCUT2D eigenvalue weighted by Crippen LogP contribution is -2.29. The summed E-state index contributed by atoms with van der Waals surface area (Å²) in [4.78, 5) is 42.2. The Labute approximate surface area is 94.6 Å². The zero-order valence-electron chi connectivity index (χ0n) is 8.67. The van der Waals surface area contributed by atoms with Gasteiger partial charge in [-0.15, -0.1) is 0 Å². The molecule has 6 heteroatoms. The normalized spacial score (nSPS) is 9.71. The number of hydrogen-bond acceptors (Lipinski definition) is 5. The zero-order chi connectivity index (χ0) is 13.0. The van der Waals surface area contributed by atoms with Crippen molar-refractivity contribution in [3.63, 3.8) is 0 Å². The highest BCUT2D eigenvalue weighted by Gasteiger charge is 2.09. The van der Waals surface area contributed by atoms with Gasteiger partial charge in [0.1, 0.15) is 0 Å². The van der Waals surface area contributed by atoms with E-state index in [1.807, 2.05) is 0 Å². The van der Waals surface area contributed by atoms with E-state index in [9.17, 15) is 19.2 Å². The summed E-state index contributed by atoms with van der Waals surface area (Å²) < 4.78 is 0. The van der Waals surface area contributed by atoms with E-state index in [1.165, 1.54) is 12.1 Å². The summed E-state index contributed by atoms with van der Waals surface area (Å²) in [7, 11) is 0. The second-order valence-corrected chi connectivity index (χ2v) is 3.13. The summed E-state index contributed by atoms with van der Waals surface area (Å²) in [5, 5.41) is 8.06. The molecule has 0 bridgehead atoms. The van der Waals surface area contributed by atoms with Crippen LogP contribution in [-0.4, -0.2) is 17.6 Å². The van der Waals surface area contributed by atoms with Crippen LogP contribution in [0.3, 0.4) is 0 Å². The Morgan fingerprint density at radius 1 is 1.00 bits per heavy atom. The number of benzene rings is 1. The Morgan fingerprint density at radius 3 is 1.65 bits per heavy atom. The molecule has 88 valence electrons. The van der Waals surface area contributed by atoms with Gasteiger partial charge in [-0.25, -0.2) is 0 Å². The van der Waals surface area contributed by atoms with E-state index in [1.54, 1.807) is 12.1 Å². The molecule has 0 aliphatic heterocycles. The molecule has 0 radical (unpaired) electrons. The Balaban J connectivity index is 0.000000249. The quantitative estimate of drug-likeness (QED) is 0.601. The second kappa shape index (κ2) is 5.13. The van der Waals surface area contributed by atoms with Crippen molar-refractivity contribution in [2.24, 2.45) is 5.73 Å². The molecule has 0 amide bonds. The molecule has 2 aromatic rings. The molecule has 0 saturated carbocycles. The first kappa shape index (κ1) is 12.7. The van der Waals surface area contributed by atoms with Crippen LogP contribution in [0, 0.1) is 0 Å². The lowest BCUT2D eigenvalue weighted by atomic mass is 10.2. The van der Waals surface area contributed by atoms with E-state index in [0.29, 0.717) is 0 Å². The number of carbonyl (C=O) groups is 1. The summed E-state index contributed by atoms with van der Waals surface area (Å²) in [6.45, 7) is -0.278. The molecule has 0 aliphatic carbocycles. The van der Waals surface area contributed by atoms with Gasteiger partial charge in [0.25, 0.3) is 5.43 Å². The summed E-state index contributed by atoms with van der Waals surface area (Å²) in [6, 6.07) is 6.23. The summed E-state index contributed by atoms with van der Waals surface area (Å²) in [5.74, 6) is -0.968. The first-order valence-electron chi connectivity index (χ1n) is 4.63. The molecular weight excluding hydrogens is 226 g/mol. The van der Waals surface area contributed by atoms with Crippen LogP contribution < -0.4 is 22.0 Å². The smallest absolute Gasteiger partial charge is 0.317 e. The predicted octanol–water partition coefficient (Wildman–Crippen LogP) is -1.17. The highest BCUT2D eigenvalue weighted by Crippen LogP contribution is 2.01. The predicted molar refractivity (Wildman–Crippen MR) is 61.8 cm³/mol. The van der Waals surface area contributed by atoms with Gasteiger partial charge < -0.3 is 10.8 Å². The molecule has 0 aromatic heterocycles. The minimum atomic E-state index is -0.968. The fourth-order valence-corrected chi connectivity index (χ4v) is 1.23. The molecule has 17 heavy (non-hydrogen) atoms. The van der Waals surface area contributed by atoms with Crippen LogP contribution in [-0.2, 0) is 4.79 Å². The highest BCUT2D eigenvalue weighted by molar-refractivity contribution is 5.83. The molecular formula is C11H9NO5.